The second kappa shape index (κ2) is 6.03. The predicted octanol–water partition coefficient (Wildman–Crippen LogP) is 2.00. The van der Waals surface area contributed by atoms with Crippen molar-refractivity contribution in [2.45, 2.75) is 63.4 Å². The third kappa shape index (κ3) is 3.14. The first-order chi connectivity index (χ1) is 12.6. The van der Waals surface area contributed by atoms with Crippen molar-refractivity contribution < 1.29 is 28.5 Å². The van der Waals surface area contributed by atoms with E-state index in [1.165, 1.54) is 0 Å². The van der Waals surface area contributed by atoms with Crippen LogP contribution < -0.4 is 5.32 Å². The lowest BCUT2D eigenvalue weighted by atomic mass is 10.0. The van der Waals surface area contributed by atoms with Crippen molar-refractivity contribution in [1.29, 1.82) is 0 Å². The van der Waals surface area contributed by atoms with Crippen LogP contribution in [0.3, 0.4) is 0 Å². The molecule has 1 aromatic rings. The second-order valence-electron chi connectivity index (χ2n) is 7.83. The van der Waals surface area contributed by atoms with Crippen LogP contribution in [0.2, 0.25) is 0 Å². The fraction of sp³-hybridized carbons (Fsp3) is 0.550. The highest BCUT2D eigenvalue weighted by atomic mass is 16.9. The molecule has 0 unspecified atom stereocenters. The number of ether oxygens (including phenoxy) is 5. The Kier molecular flexibility index (Phi) is 4.11. The van der Waals surface area contributed by atoms with E-state index >= 15 is 0 Å². The Bertz CT molecular complexity index is 796. The molecule has 27 heavy (non-hydrogen) atoms. The summed E-state index contributed by atoms with van der Waals surface area (Å²) in [4.78, 5) is 13.2. The van der Waals surface area contributed by atoms with Crippen molar-refractivity contribution in [2.75, 3.05) is 11.9 Å². The van der Waals surface area contributed by atoms with Crippen molar-refractivity contribution in [2.24, 2.45) is 0 Å². The zero-order valence-electron chi connectivity index (χ0n) is 15.8. The molecule has 3 fully saturated rings. The van der Waals surface area contributed by atoms with E-state index in [-0.39, 0.29) is 6.61 Å². The summed E-state index contributed by atoms with van der Waals surface area (Å²) in [5, 5.41) is 2.83. The quantitative estimate of drug-likeness (QED) is 0.800. The zero-order chi connectivity index (χ0) is 19.4. The Balaban J connectivity index is 1.62. The third-order valence-electron chi connectivity index (χ3n) is 4.82. The van der Waals surface area contributed by atoms with Gasteiger partial charge in [-0.25, -0.2) is 0 Å². The Morgan fingerprint density at radius 2 is 1.81 bits per heavy atom. The standard InChI is InChI=1S/C20H23NO6/c1-6-12-7-9-13(10-8-12)21-17(22)20-16(26-19(4,5)27-20)15-14(24-20)11-23-18(2,3)25-15/h1,7-10,14-16H,11H2,2-5H3,(H,21,22)/t14-,15+,16-,20+/m0/s1. The van der Waals surface area contributed by atoms with Gasteiger partial charge in [-0.15, -0.1) is 6.42 Å². The molecule has 0 radical (unpaired) electrons. The van der Waals surface area contributed by atoms with E-state index in [0.29, 0.717) is 5.69 Å². The van der Waals surface area contributed by atoms with E-state index in [4.69, 9.17) is 30.1 Å². The molecule has 0 aromatic heterocycles. The summed E-state index contributed by atoms with van der Waals surface area (Å²) < 4.78 is 29.7. The van der Waals surface area contributed by atoms with Crippen molar-refractivity contribution in [1.82, 2.24) is 0 Å². The molecule has 0 saturated carbocycles. The molecule has 144 valence electrons. The lowest BCUT2D eigenvalue weighted by Crippen LogP contribution is -2.53. The van der Waals surface area contributed by atoms with Gasteiger partial charge in [-0.1, -0.05) is 5.92 Å². The molecule has 4 atom stereocenters. The first-order valence-electron chi connectivity index (χ1n) is 8.90. The first-order valence-corrected chi connectivity index (χ1v) is 8.90. The number of hydrogen-bond acceptors (Lipinski definition) is 6. The lowest BCUT2D eigenvalue weighted by molar-refractivity contribution is -0.324. The van der Waals surface area contributed by atoms with Gasteiger partial charge in [-0.05, 0) is 52.0 Å². The number of fused-ring (bicyclic) bond motifs is 3. The molecule has 0 bridgehead atoms. The van der Waals surface area contributed by atoms with Gasteiger partial charge in [0.15, 0.2) is 17.7 Å². The molecule has 0 aliphatic carbocycles. The Hall–Kier alpha value is -1.95. The fourth-order valence-electron chi connectivity index (χ4n) is 3.70. The van der Waals surface area contributed by atoms with Crippen LogP contribution >= 0.6 is 0 Å². The van der Waals surface area contributed by atoms with Gasteiger partial charge in [-0.3, -0.25) is 4.79 Å². The molecule has 3 aliphatic heterocycles. The topological polar surface area (TPSA) is 75.3 Å². The number of nitrogens with one attached hydrogen (secondary N) is 1. The van der Waals surface area contributed by atoms with Crippen LogP contribution in [0.15, 0.2) is 24.3 Å². The van der Waals surface area contributed by atoms with Gasteiger partial charge in [0, 0.05) is 11.3 Å². The van der Waals surface area contributed by atoms with Crippen molar-refractivity contribution in [3.05, 3.63) is 29.8 Å². The predicted molar refractivity (Wildman–Crippen MR) is 95.6 cm³/mol. The number of anilines is 1. The maximum atomic E-state index is 13.2. The summed E-state index contributed by atoms with van der Waals surface area (Å²) >= 11 is 0. The Labute approximate surface area is 158 Å². The van der Waals surface area contributed by atoms with Crippen LogP contribution in [0.25, 0.3) is 0 Å². The second-order valence-corrected chi connectivity index (χ2v) is 7.83. The van der Waals surface area contributed by atoms with E-state index in [1.54, 1.807) is 38.1 Å². The molecule has 3 aliphatic rings. The minimum atomic E-state index is -1.62. The fourth-order valence-corrected chi connectivity index (χ4v) is 3.70. The van der Waals surface area contributed by atoms with Crippen LogP contribution in [-0.4, -0.2) is 48.2 Å². The number of hydrogen-bond donors (Lipinski definition) is 1. The molecular weight excluding hydrogens is 350 g/mol. The molecule has 1 aromatic carbocycles. The number of terminal acetylenes is 1. The normalized spacial score (nSPS) is 35.7. The molecule has 4 rings (SSSR count). The van der Waals surface area contributed by atoms with Crippen LogP contribution in [0.4, 0.5) is 5.69 Å². The number of carbonyl (C=O) groups is 1. The summed E-state index contributed by atoms with van der Waals surface area (Å²) in [5.41, 5.74) is 1.30. The van der Waals surface area contributed by atoms with E-state index in [0.717, 1.165) is 5.56 Å². The smallest absolute Gasteiger partial charge is 0.287 e. The van der Waals surface area contributed by atoms with Crippen LogP contribution in [0.5, 0.6) is 0 Å². The average molecular weight is 373 g/mol. The number of rotatable bonds is 2. The van der Waals surface area contributed by atoms with E-state index in [1.807, 2.05) is 13.8 Å². The highest BCUT2D eigenvalue weighted by Crippen LogP contribution is 2.49. The Morgan fingerprint density at radius 3 is 2.48 bits per heavy atom. The highest BCUT2D eigenvalue weighted by Gasteiger charge is 2.71. The average Bonchev–Trinajstić information content (AvgIpc) is 3.03. The molecule has 1 N–H and O–H groups in total. The van der Waals surface area contributed by atoms with Gasteiger partial charge in [-0.2, -0.15) is 0 Å². The molecule has 1 amide bonds. The monoisotopic (exact) mass is 373 g/mol. The number of benzene rings is 1. The van der Waals surface area contributed by atoms with E-state index < -0.39 is 41.6 Å². The molecular formula is C20H23NO6. The van der Waals surface area contributed by atoms with Gasteiger partial charge in [0.25, 0.3) is 11.7 Å². The lowest BCUT2D eigenvalue weighted by Gasteiger charge is -2.38. The molecule has 3 saturated heterocycles. The molecule has 3 heterocycles. The minimum absolute atomic E-state index is 0.285. The van der Waals surface area contributed by atoms with Gasteiger partial charge < -0.3 is 29.0 Å². The maximum absolute atomic E-state index is 13.2. The van der Waals surface area contributed by atoms with Crippen LogP contribution in [-0.2, 0) is 28.5 Å². The third-order valence-corrected chi connectivity index (χ3v) is 4.82. The summed E-state index contributed by atoms with van der Waals surface area (Å²) in [6.45, 7) is 7.40. The van der Waals surface area contributed by atoms with Gasteiger partial charge in [0.1, 0.15) is 12.2 Å². The minimum Gasteiger partial charge on any atom is -0.348 e. The van der Waals surface area contributed by atoms with Gasteiger partial charge in [0.2, 0.25) is 0 Å². The van der Waals surface area contributed by atoms with Gasteiger partial charge >= 0.3 is 0 Å². The molecule has 7 heteroatoms. The molecule has 0 spiro atoms. The van der Waals surface area contributed by atoms with Gasteiger partial charge in [0.05, 0.1) is 6.61 Å². The SMILES string of the molecule is C#Cc1ccc(NC(=O)[C@@]23O[C@H]4COC(C)(C)O[C@H]4[C@@H]2OC(C)(C)O3)cc1. The summed E-state index contributed by atoms with van der Waals surface area (Å²) in [6.07, 6.45) is 3.71. The van der Waals surface area contributed by atoms with E-state index in [2.05, 4.69) is 11.2 Å². The zero-order valence-corrected chi connectivity index (χ0v) is 15.8. The summed E-state index contributed by atoms with van der Waals surface area (Å²) in [5.74, 6) is -1.32. The Morgan fingerprint density at radius 1 is 1.11 bits per heavy atom. The molecule has 7 nitrogen and oxygen atoms in total. The first kappa shape index (κ1) is 18.4. The highest BCUT2D eigenvalue weighted by molar-refractivity contribution is 5.97. The summed E-state index contributed by atoms with van der Waals surface area (Å²) in [7, 11) is 0. The van der Waals surface area contributed by atoms with Crippen LogP contribution in [0.1, 0.15) is 33.3 Å². The van der Waals surface area contributed by atoms with Crippen molar-refractivity contribution >= 4 is 11.6 Å². The summed E-state index contributed by atoms with van der Waals surface area (Å²) in [6, 6.07) is 6.94. The van der Waals surface area contributed by atoms with Crippen molar-refractivity contribution in [3.8, 4) is 12.3 Å². The van der Waals surface area contributed by atoms with Crippen LogP contribution in [0, 0.1) is 12.3 Å². The maximum Gasteiger partial charge on any atom is 0.287 e. The van der Waals surface area contributed by atoms with E-state index in [9.17, 15) is 4.79 Å². The van der Waals surface area contributed by atoms with Crippen molar-refractivity contribution in [3.63, 3.8) is 0 Å². The number of carbonyl (C=O) groups excluding carboxylic acids is 1. The number of amides is 1. The largest absolute Gasteiger partial charge is 0.348 e.